The molecule has 0 radical (unpaired) electrons. The third-order valence-electron chi connectivity index (χ3n) is 3.80. The van der Waals surface area contributed by atoms with Crippen LogP contribution >= 0.6 is 22.9 Å². The molecule has 3 nitrogen and oxygen atoms in total. The molecule has 2 heterocycles. The quantitative estimate of drug-likeness (QED) is 0.884. The van der Waals surface area contributed by atoms with Gasteiger partial charge in [0.2, 0.25) is 5.91 Å². The first-order valence-electron chi connectivity index (χ1n) is 5.95. The second-order valence-corrected chi connectivity index (χ2v) is 6.72. The van der Waals surface area contributed by atoms with Crippen molar-refractivity contribution in [3.63, 3.8) is 0 Å². The number of halogens is 1. The Morgan fingerprint density at radius 2 is 2.35 bits per heavy atom. The lowest BCUT2D eigenvalue weighted by atomic mass is 9.97. The van der Waals surface area contributed by atoms with E-state index in [0.717, 1.165) is 22.2 Å². The molecule has 17 heavy (non-hydrogen) atoms. The first-order valence-corrected chi connectivity index (χ1v) is 7.14. The second kappa shape index (κ2) is 4.26. The lowest BCUT2D eigenvalue weighted by Gasteiger charge is -2.17. The molecular weight excluding hydrogens is 256 g/mol. The van der Waals surface area contributed by atoms with Crippen molar-refractivity contribution < 1.29 is 4.79 Å². The third-order valence-corrected chi connectivity index (χ3v) is 5.03. The van der Waals surface area contributed by atoms with E-state index in [9.17, 15) is 4.79 Å². The van der Waals surface area contributed by atoms with E-state index in [2.05, 4.69) is 10.6 Å². The summed E-state index contributed by atoms with van der Waals surface area (Å²) in [5.41, 5.74) is 0.289. The summed E-state index contributed by atoms with van der Waals surface area (Å²) < 4.78 is 0.770. The first kappa shape index (κ1) is 11.5. The summed E-state index contributed by atoms with van der Waals surface area (Å²) in [6.45, 7) is 1.56. The highest BCUT2D eigenvalue weighted by molar-refractivity contribution is 7.16. The van der Waals surface area contributed by atoms with Crippen LogP contribution in [0.25, 0.3) is 0 Å². The Bertz CT molecular complexity index is 441. The highest BCUT2D eigenvalue weighted by Crippen LogP contribution is 2.54. The zero-order valence-electron chi connectivity index (χ0n) is 9.46. The van der Waals surface area contributed by atoms with Gasteiger partial charge in [-0.05, 0) is 43.4 Å². The summed E-state index contributed by atoms with van der Waals surface area (Å²) in [6, 6.07) is 3.85. The Balaban J connectivity index is 1.57. The van der Waals surface area contributed by atoms with Crippen LogP contribution in [0.1, 0.15) is 24.1 Å². The lowest BCUT2D eigenvalue weighted by molar-refractivity contribution is -0.124. The number of nitrogens with one attached hydrogen (secondary N) is 2. The minimum absolute atomic E-state index is 0.0259. The highest BCUT2D eigenvalue weighted by atomic mass is 35.5. The van der Waals surface area contributed by atoms with Gasteiger partial charge in [0.25, 0.3) is 0 Å². The second-order valence-electron chi connectivity index (χ2n) is 4.92. The van der Waals surface area contributed by atoms with E-state index in [-0.39, 0.29) is 17.4 Å². The van der Waals surface area contributed by atoms with Crippen LogP contribution in [-0.4, -0.2) is 18.5 Å². The summed E-state index contributed by atoms with van der Waals surface area (Å²) in [5, 5.41) is 6.32. The van der Waals surface area contributed by atoms with E-state index >= 15 is 0 Å². The number of hydrogen-bond donors (Lipinski definition) is 2. The molecule has 2 fully saturated rings. The number of amides is 1. The molecule has 0 bridgehead atoms. The molecular formula is C12H15ClN2OS. The molecule has 1 aliphatic carbocycles. The average molecular weight is 271 g/mol. The van der Waals surface area contributed by atoms with E-state index in [1.807, 2.05) is 12.1 Å². The SMILES string of the molecule is O=C(NCc1ccc(Cl)s1)[C@H]1NCCC12CC2. The minimum atomic E-state index is 0.0259. The van der Waals surface area contributed by atoms with E-state index in [1.165, 1.54) is 24.2 Å². The molecule has 1 atom stereocenters. The van der Waals surface area contributed by atoms with Gasteiger partial charge in [-0.15, -0.1) is 11.3 Å². The van der Waals surface area contributed by atoms with E-state index in [0.29, 0.717) is 6.54 Å². The molecule has 1 aliphatic heterocycles. The maximum atomic E-state index is 12.1. The first-order chi connectivity index (χ1) is 8.20. The lowest BCUT2D eigenvalue weighted by Crippen LogP contribution is -2.44. The fourth-order valence-electron chi connectivity index (χ4n) is 2.62. The summed E-state index contributed by atoms with van der Waals surface area (Å²) in [6.07, 6.45) is 3.54. The van der Waals surface area contributed by atoms with Crippen molar-refractivity contribution in [3.05, 3.63) is 21.3 Å². The standard InChI is InChI=1S/C12H15ClN2OS/c13-9-2-1-8(17-9)7-15-11(16)10-12(3-4-12)5-6-14-10/h1-2,10,14H,3-7H2,(H,15,16)/t10-/m1/s1. The topological polar surface area (TPSA) is 41.1 Å². The molecule has 0 aromatic carbocycles. The Morgan fingerprint density at radius 1 is 1.53 bits per heavy atom. The van der Waals surface area contributed by atoms with Crippen LogP contribution < -0.4 is 10.6 Å². The Kier molecular flexibility index (Phi) is 2.89. The van der Waals surface area contributed by atoms with Crippen molar-refractivity contribution in [2.45, 2.75) is 31.8 Å². The molecule has 0 unspecified atom stereocenters. The van der Waals surface area contributed by atoms with Crippen LogP contribution in [0.2, 0.25) is 4.34 Å². The Hall–Kier alpha value is -0.580. The van der Waals surface area contributed by atoms with Crippen LogP contribution in [0.3, 0.4) is 0 Å². The van der Waals surface area contributed by atoms with Gasteiger partial charge in [-0.3, -0.25) is 4.79 Å². The number of thiophene rings is 1. The number of hydrogen-bond acceptors (Lipinski definition) is 3. The van der Waals surface area contributed by atoms with Crippen molar-refractivity contribution in [1.82, 2.24) is 10.6 Å². The average Bonchev–Trinajstić information content (AvgIpc) is 2.76. The minimum Gasteiger partial charge on any atom is -0.350 e. The maximum Gasteiger partial charge on any atom is 0.238 e. The van der Waals surface area contributed by atoms with Crippen molar-refractivity contribution >= 4 is 28.8 Å². The molecule has 1 aromatic heterocycles. The van der Waals surface area contributed by atoms with Gasteiger partial charge in [0, 0.05) is 4.88 Å². The molecule has 2 aliphatic rings. The van der Waals surface area contributed by atoms with Gasteiger partial charge in [0.15, 0.2) is 0 Å². The van der Waals surface area contributed by atoms with Crippen LogP contribution in [0, 0.1) is 5.41 Å². The normalized spacial score (nSPS) is 25.1. The Labute approximate surface area is 110 Å². The number of carbonyl (C=O) groups is 1. The maximum absolute atomic E-state index is 12.1. The Morgan fingerprint density at radius 3 is 3.00 bits per heavy atom. The van der Waals surface area contributed by atoms with Gasteiger partial charge in [-0.25, -0.2) is 0 Å². The molecule has 1 aromatic rings. The van der Waals surface area contributed by atoms with Crippen molar-refractivity contribution in [2.24, 2.45) is 5.41 Å². The van der Waals surface area contributed by atoms with Crippen LogP contribution in [0.15, 0.2) is 12.1 Å². The molecule has 1 amide bonds. The van der Waals surface area contributed by atoms with Crippen molar-refractivity contribution in [3.8, 4) is 0 Å². The van der Waals surface area contributed by atoms with E-state index < -0.39 is 0 Å². The molecule has 1 saturated heterocycles. The number of rotatable bonds is 3. The molecule has 1 spiro atoms. The largest absolute Gasteiger partial charge is 0.350 e. The van der Waals surface area contributed by atoms with E-state index in [4.69, 9.17) is 11.6 Å². The van der Waals surface area contributed by atoms with Crippen molar-refractivity contribution in [2.75, 3.05) is 6.54 Å². The third kappa shape index (κ3) is 2.21. The molecule has 1 saturated carbocycles. The van der Waals surface area contributed by atoms with Gasteiger partial charge in [0.1, 0.15) is 0 Å². The molecule has 3 rings (SSSR count). The van der Waals surface area contributed by atoms with Gasteiger partial charge in [-0.1, -0.05) is 11.6 Å². The van der Waals surface area contributed by atoms with Crippen molar-refractivity contribution in [1.29, 1.82) is 0 Å². The monoisotopic (exact) mass is 270 g/mol. The van der Waals surface area contributed by atoms with Crippen LogP contribution in [0.5, 0.6) is 0 Å². The highest BCUT2D eigenvalue weighted by Gasteiger charge is 2.54. The molecule has 5 heteroatoms. The van der Waals surface area contributed by atoms with Gasteiger partial charge >= 0.3 is 0 Å². The van der Waals surface area contributed by atoms with Crippen LogP contribution in [-0.2, 0) is 11.3 Å². The van der Waals surface area contributed by atoms with Gasteiger partial charge in [-0.2, -0.15) is 0 Å². The van der Waals surface area contributed by atoms with E-state index in [1.54, 1.807) is 0 Å². The number of carbonyl (C=O) groups excluding carboxylic acids is 1. The zero-order valence-corrected chi connectivity index (χ0v) is 11.0. The zero-order chi connectivity index (χ0) is 11.9. The van der Waals surface area contributed by atoms with Gasteiger partial charge in [0.05, 0.1) is 16.9 Å². The smallest absolute Gasteiger partial charge is 0.238 e. The summed E-state index contributed by atoms with van der Waals surface area (Å²) in [7, 11) is 0. The fourth-order valence-corrected chi connectivity index (χ4v) is 3.65. The molecule has 2 N–H and O–H groups in total. The summed E-state index contributed by atoms with van der Waals surface area (Å²) >= 11 is 7.37. The van der Waals surface area contributed by atoms with Gasteiger partial charge < -0.3 is 10.6 Å². The predicted octanol–water partition coefficient (Wildman–Crippen LogP) is 2.16. The summed E-state index contributed by atoms with van der Waals surface area (Å²) in [5.74, 6) is 0.143. The van der Waals surface area contributed by atoms with Crippen LogP contribution in [0.4, 0.5) is 0 Å². The predicted molar refractivity (Wildman–Crippen MR) is 69.3 cm³/mol. The summed E-state index contributed by atoms with van der Waals surface area (Å²) in [4.78, 5) is 13.2. The fraction of sp³-hybridized carbons (Fsp3) is 0.583. The molecule has 92 valence electrons.